The third-order valence-corrected chi connectivity index (χ3v) is 3.61. The first-order chi connectivity index (χ1) is 8.29. The van der Waals surface area contributed by atoms with Crippen molar-refractivity contribution in [1.29, 1.82) is 0 Å². The average Bonchev–Trinajstić information content (AvgIpc) is 2.37. The molecule has 17 heavy (non-hydrogen) atoms. The van der Waals surface area contributed by atoms with Crippen LogP contribution in [-0.2, 0) is 15.9 Å². The van der Waals surface area contributed by atoms with Crippen LogP contribution in [0.15, 0.2) is 36.9 Å². The molecular weight excluding hydrogens is 216 g/mol. The number of ether oxygens (including phenoxy) is 2. The van der Waals surface area contributed by atoms with Crippen LogP contribution in [-0.4, -0.2) is 12.3 Å². The second-order valence-electron chi connectivity index (χ2n) is 4.51. The molecule has 1 aliphatic heterocycles. The van der Waals surface area contributed by atoms with Gasteiger partial charge in [-0.3, -0.25) is 0 Å². The Morgan fingerprint density at radius 3 is 2.94 bits per heavy atom. The van der Waals surface area contributed by atoms with E-state index in [4.69, 9.17) is 9.47 Å². The zero-order valence-electron chi connectivity index (χ0n) is 9.46. The lowest BCUT2D eigenvalue weighted by Gasteiger charge is -2.39. The fourth-order valence-corrected chi connectivity index (χ4v) is 2.78. The summed E-state index contributed by atoms with van der Waals surface area (Å²) in [4.78, 5) is 11.4. The third-order valence-electron chi connectivity index (χ3n) is 3.61. The molecule has 3 rings (SSSR count). The number of rotatable bonds is 1. The summed E-state index contributed by atoms with van der Waals surface area (Å²) in [6.07, 6.45) is 2.67. The second-order valence-corrected chi connectivity index (χ2v) is 4.51. The van der Waals surface area contributed by atoms with Crippen molar-refractivity contribution in [2.75, 3.05) is 0 Å². The fourth-order valence-electron chi connectivity index (χ4n) is 2.78. The number of carbonyl (C=O) groups excluding carboxylic acids is 1. The summed E-state index contributed by atoms with van der Waals surface area (Å²) in [5.74, 6) is 0.195. The van der Waals surface area contributed by atoms with Crippen molar-refractivity contribution in [2.45, 2.75) is 25.0 Å². The van der Waals surface area contributed by atoms with Crippen molar-refractivity contribution in [1.82, 2.24) is 0 Å². The normalized spacial score (nSPS) is 30.6. The van der Waals surface area contributed by atoms with E-state index < -0.39 is 6.16 Å². The Morgan fingerprint density at radius 1 is 1.29 bits per heavy atom. The van der Waals surface area contributed by atoms with Gasteiger partial charge in [-0.2, -0.15) is 0 Å². The first kappa shape index (κ1) is 10.4. The van der Waals surface area contributed by atoms with Crippen LogP contribution in [0.4, 0.5) is 4.79 Å². The SMILES string of the molecule is C=CC1OC(=O)OC2c3ccccc3CCC12. The number of hydrogen-bond donors (Lipinski definition) is 0. The molecule has 0 radical (unpaired) electrons. The van der Waals surface area contributed by atoms with Crippen molar-refractivity contribution in [3.63, 3.8) is 0 Å². The molecule has 0 aromatic heterocycles. The number of cyclic esters (lactones) is 1. The van der Waals surface area contributed by atoms with E-state index in [1.54, 1.807) is 6.08 Å². The first-order valence-corrected chi connectivity index (χ1v) is 5.87. The molecular formula is C14H14O3. The molecule has 3 heteroatoms. The van der Waals surface area contributed by atoms with Gasteiger partial charge in [0.15, 0.2) is 0 Å². The van der Waals surface area contributed by atoms with Crippen molar-refractivity contribution in [3.05, 3.63) is 48.0 Å². The van der Waals surface area contributed by atoms with Crippen molar-refractivity contribution < 1.29 is 14.3 Å². The summed E-state index contributed by atoms with van der Waals surface area (Å²) in [6, 6.07) is 8.13. The summed E-state index contributed by atoms with van der Waals surface area (Å²) >= 11 is 0. The molecule has 0 N–H and O–H groups in total. The highest BCUT2D eigenvalue weighted by Gasteiger charge is 2.42. The van der Waals surface area contributed by atoms with Crippen LogP contribution in [0.25, 0.3) is 0 Å². The van der Waals surface area contributed by atoms with E-state index in [9.17, 15) is 4.79 Å². The summed E-state index contributed by atoms with van der Waals surface area (Å²) < 4.78 is 10.5. The van der Waals surface area contributed by atoms with Gasteiger partial charge in [-0.1, -0.05) is 36.9 Å². The maximum absolute atomic E-state index is 11.4. The summed E-state index contributed by atoms with van der Waals surface area (Å²) in [6.45, 7) is 3.73. The monoisotopic (exact) mass is 230 g/mol. The van der Waals surface area contributed by atoms with Gasteiger partial charge in [0.2, 0.25) is 0 Å². The maximum atomic E-state index is 11.4. The van der Waals surface area contributed by atoms with Crippen LogP contribution in [0.5, 0.6) is 0 Å². The van der Waals surface area contributed by atoms with Gasteiger partial charge in [0.25, 0.3) is 0 Å². The van der Waals surface area contributed by atoms with Gasteiger partial charge < -0.3 is 9.47 Å². The molecule has 1 aromatic carbocycles. The predicted octanol–water partition coefficient (Wildman–Crippen LogP) is 3.01. The molecule has 0 saturated carbocycles. The van der Waals surface area contributed by atoms with E-state index in [2.05, 4.69) is 12.6 Å². The lowest BCUT2D eigenvalue weighted by molar-refractivity contribution is -0.0918. The number of benzene rings is 1. The zero-order chi connectivity index (χ0) is 11.8. The van der Waals surface area contributed by atoms with E-state index in [0.29, 0.717) is 0 Å². The fraction of sp³-hybridized carbons (Fsp3) is 0.357. The minimum atomic E-state index is -0.590. The number of aryl methyl sites for hydroxylation is 1. The number of fused-ring (bicyclic) bond motifs is 3. The van der Waals surface area contributed by atoms with Crippen LogP contribution in [0.2, 0.25) is 0 Å². The van der Waals surface area contributed by atoms with Crippen LogP contribution in [0, 0.1) is 5.92 Å². The van der Waals surface area contributed by atoms with Gasteiger partial charge in [0, 0.05) is 5.92 Å². The molecule has 88 valence electrons. The highest BCUT2D eigenvalue weighted by molar-refractivity contribution is 5.62. The molecule has 1 saturated heterocycles. The molecule has 1 fully saturated rings. The third kappa shape index (κ3) is 1.62. The first-order valence-electron chi connectivity index (χ1n) is 5.87. The quantitative estimate of drug-likeness (QED) is 0.549. The highest BCUT2D eigenvalue weighted by Crippen LogP contribution is 2.42. The van der Waals surface area contributed by atoms with Crippen molar-refractivity contribution in [2.24, 2.45) is 5.92 Å². The largest absolute Gasteiger partial charge is 0.509 e. The van der Waals surface area contributed by atoms with Gasteiger partial charge in [-0.15, -0.1) is 0 Å². The maximum Gasteiger partial charge on any atom is 0.509 e. The Morgan fingerprint density at radius 2 is 2.12 bits per heavy atom. The molecule has 0 bridgehead atoms. The van der Waals surface area contributed by atoms with Gasteiger partial charge in [-0.25, -0.2) is 4.79 Å². The summed E-state index contributed by atoms with van der Waals surface area (Å²) in [7, 11) is 0. The summed E-state index contributed by atoms with van der Waals surface area (Å²) in [5, 5.41) is 0. The highest BCUT2D eigenvalue weighted by atomic mass is 16.7. The van der Waals surface area contributed by atoms with Crippen LogP contribution in [0.1, 0.15) is 23.7 Å². The van der Waals surface area contributed by atoms with E-state index in [1.165, 1.54) is 5.56 Å². The lowest BCUT2D eigenvalue weighted by Crippen LogP contribution is -2.40. The predicted molar refractivity (Wildman–Crippen MR) is 62.5 cm³/mol. The Balaban J connectivity index is 2.01. The van der Waals surface area contributed by atoms with Gasteiger partial charge in [0.1, 0.15) is 12.2 Å². The molecule has 3 unspecified atom stereocenters. The van der Waals surface area contributed by atoms with Crippen LogP contribution >= 0.6 is 0 Å². The number of carbonyl (C=O) groups is 1. The second kappa shape index (κ2) is 3.91. The van der Waals surface area contributed by atoms with Gasteiger partial charge >= 0.3 is 6.16 Å². The Kier molecular flexibility index (Phi) is 2.39. The summed E-state index contributed by atoms with van der Waals surface area (Å²) in [5.41, 5.74) is 2.39. The molecule has 1 aromatic rings. The molecule has 0 spiro atoms. The van der Waals surface area contributed by atoms with Crippen molar-refractivity contribution in [3.8, 4) is 0 Å². The molecule has 2 aliphatic rings. The molecule has 1 aliphatic carbocycles. The molecule has 3 nitrogen and oxygen atoms in total. The van der Waals surface area contributed by atoms with E-state index in [-0.39, 0.29) is 18.1 Å². The zero-order valence-corrected chi connectivity index (χ0v) is 9.46. The topological polar surface area (TPSA) is 35.5 Å². The molecule has 1 heterocycles. The van der Waals surface area contributed by atoms with E-state index in [0.717, 1.165) is 18.4 Å². The molecule has 3 atom stereocenters. The van der Waals surface area contributed by atoms with Crippen LogP contribution in [0.3, 0.4) is 0 Å². The smallest absolute Gasteiger partial charge is 0.426 e. The van der Waals surface area contributed by atoms with Gasteiger partial charge in [-0.05, 0) is 24.0 Å². The Labute approximate surface area is 100 Å². The average molecular weight is 230 g/mol. The van der Waals surface area contributed by atoms with Crippen molar-refractivity contribution >= 4 is 6.16 Å². The Hall–Kier alpha value is -1.77. The van der Waals surface area contributed by atoms with Crippen LogP contribution < -0.4 is 0 Å². The van der Waals surface area contributed by atoms with Gasteiger partial charge in [0.05, 0.1) is 0 Å². The standard InChI is InChI=1S/C14H14O3/c1-2-12-11-8-7-9-5-3-4-6-10(9)13(11)17-14(15)16-12/h2-6,11-13H,1,7-8H2. The number of hydrogen-bond acceptors (Lipinski definition) is 3. The minimum Gasteiger partial charge on any atom is -0.426 e. The van der Waals surface area contributed by atoms with E-state index >= 15 is 0 Å². The van der Waals surface area contributed by atoms with E-state index in [1.807, 2.05) is 18.2 Å². The minimum absolute atomic E-state index is 0.177. The lowest BCUT2D eigenvalue weighted by atomic mass is 9.78. The Bertz CT molecular complexity index is 466. The molecule has 0 amide bonds.